The van der Waals surface area contributed by atoms with Crippen molar-refractivity contribution in [1.29, 1.82) is 0 Å². The smallest absolute Gasteiger partial charge is 0.159 e. The Labute approximate surface area is 458 Å². The molecule has 0 aliphatic heterocycles. The molecule has 2 aliphatic carbocycles. The molecule has 0 saturated heterocycles. The van der Waals surface area contributed by atoms with Crippen molar-refractivity contribution in [2.24, 2.45) is 0 Å². The third kappa shape index (κ3) is 8.02. The van der Waals surface area contributed by atoms with Crippen LogP contribution in [-0.4, -0.2) is 12.2 Å². The summed E-state index contributed by atoms with van der Waals surface area (Å²) in [5.41, 5.74) is 20.0. The fraction of sp³-hybridized carbons (Fsp3) is 0.216. The minimum atomic E-state index is 0.286. The molecule has 384 valence electrons. The van der Waals surface area contributed by atoms with Gasteiger partial charge in [-0.05, 0) is 172 Å². The van der Waals surface area contributed by atoms with E-state index in [9.17, 15) is 5.11 Å². The van der Waals surface area contributed by atoms with Crippen LogP contribution in [0.3, 0.4) is 0 Å². The normalized spacial score (nSPS) is 14.6. The lowest BCUT2D eigenvalue weighted by atomic mass is 9.77. The van der Waals surface area contributed by atoms with Crippen molar-refractivity contribution < 1.29 is 9.52 Å². The van der Waals surface area contributed by atoms with Crippen molar-refractivity contribution in [3.63, 3.8) is 0 Å². The largest absolute Gasteiger partial charge is 0.505 e. The summed E-state index contributed by atoms with van der Waals surface area (Å²) in [4.78, 5) is 4.81. The fourth-order valence-electron chi connectivity index (χ4n) is 14.0. The summed E-state index contributed by atoms with van der Waals surface area (Å²) in [6.45, 7) is 6.62. The molecule has 78 heavy (non-hydrogen) atoms. The Hall–Kier alpha value is -8.34. The van der Waals surface area contributed by atoms with Gasteiger partial charge in [0.25, 0.3) is 0 Å². The van der Waals surface area contributed by atoms with E-state index in [-0.39, 0.29) is 5.75 Å². The van der Waals surface area contributed by atoms with E-state index in [1.807, 2.05) is 0 Å². The van der Waals surface area contributed by atoms with Crippen LogP contribution in [-0.2, 0) is 0 Å². The lowest BCUT2D eigenvalue weighted by Gasteiger charge is -2.33. The van der Waals surface area contributed by atoms with Crippen molar-refractivity contribution in [2.45, 2.75) is 96.8 Å². The van der Waals surface area contributed by atoms with Crippen LogP contribution in [0.5, 0.6) is 5.75 Å². The zero-order chi connectivity index (χ0) is 52.6. The molecule has 2 aliphatic rings. The SMILES string of the molecule is Cc1ccc(N(c2cc(C3CCCCC3)c3ccc4c(N(C)c5cccc(-c6cccc(-c7ccccc7C)c6)c5O)cc(C5CCCCC5)c5ccc2c3c54)c2cccc3c2oc2c(-c4ccccc4)cccc23)cc1C. The second kappa shape index (κ2) is 19.6. The minimum Gasteiger partial charge on any atom is -0.505 e. The topological polar surface area (TPSA) is 39.9 Å². The third-order valence-corrected chi connectivity index (χ3v) is 18.2. The van der Waals surface area contributed by atoms with Crippen molar-refractivity contribution in [2.75, 3.05) is 16.8 Å². The Morgan fingerprint density at radius 3 is 1.62 bits per heavy atom. The summed E-state index contributed by atoms with van der Waals surface area (Å²) in [6.07, 6.45) is 12.2. The van der Waals surface area contributed by atoms with Gasteiger partial charge in [0.05, 0.1) is 17.1 Å². The predicted molar refractivity (Wildman–Crippen MR) is 330 cm³/mol. The first-order chi connectivity index (χ1) is 38.3. The van der Waals surface area contributed by atoms with Gasteiger partial charge in [0, 0.05) is 51.1 Å². The molecule has 0 amide bonds. The minimum absolute atomic E-state index is 0.286. The van der Waals surface area contributed by atoms with Gasteiger partial charge in [0.15, 0.2) is 5.58 Å². The number of nitrogens with zero attached hydrogens (tertiary/aromatic N) is 2. The van der Waals surface area contributed by atoms with Crippen molar-refractivity contribution >= 4 is 82.7 Å². The lowest BCUT2D eigenvalue weighted by molar-refractivity contribution is 0.445. The summed E-state index contributed by atoms with van der Waals surface area (Å²) >= 11 is 0. The Morgan fingerprint density at radius 2 is 0.923 bits per heavy atom. The summed E-state index contributed by atoms with van der Waals surface area (Å²) in [5, 5.41) is 22.7. The molecule has 2 saturated carbocycles. The van der Waals surface area contributed by atoms with Crippen LogP contribution in [0, 0.1) is 20.8 Å². The van der Waals surface area contributed by atoms with Crippen molar-refractivity contribution in [3.8, 4) is 39.1 Å². The van der Waals surface area contributed by atoms with Gasteiger partial charge in [0.1, 0.15) is 11.3 Å². The number of aryl methyl sites for hydroxylation is 3. The standard InChI is InChI=1S/C74H66N2O2/c1-46-36-37-54(42-48(46)3)76(67-35-19-33-61-60-32-17-31-57(73(60)78-74(61)67)49-21-8-5-9-22-49)69-45-65(51-25-12-7-13-26-51)59-38-40-62-68(44-64(50-23-10-6-11-24-50)58-39-41-63(69)71(59)70(58)62)75(4)66-34-18-30-56(72(66)77)53-28-16-27-52(43-53)55-29-15-14-20-47(55)2/h5,8-9,14-22,27-45,50-51,77H,6-7,10-13,23-26H2,1-4H3. The average Bonchev–Trinajstić information content (AvgIpc) is 3.92. The Balaban J connectivity index is 1.03. The van der Waals surface area contributed by atoms with E-state index >= 15 is 0 Å². The van der Waals surface area contributed by atoms with Gasteiger partial charge in [-0.3, -0.25) is 0 Å². The maximum absolute atomic E-state index is 12.6. The van der Waals surface area contributed by atoms with Gasteiger partial charge in [-0.25, -0.2) is 0 Å². The Bertz CT molecular complexity index is 4250. The zero-order valence-corrected chi connectivity index (χ0v) is 45.4. The van der Waals surface area contributed by atoms with E-state index in [0.717, 1.165) is 72.5 Å². The second-order valence-corrected chi connectivity index (χ2v) is 22.7. The van der Waals surface area contributed by atoms with E-state index in [0.29, 0.717) is 11.8 Å². The van der Waals surface area contributed by atoms with Gasteiger partial charge >= 0.3 is 0 Å². The quantitative estimate of drug-likeness (QED) is 0.139. The van der Waals surface area contributed by atoms with E-state index < -0.39 is 0 Å². The number of para-hydroxylation sites is 3. The molecule has 2 fully saturated rings. The zero-order valence-electron chi connectivity index (χ0n) is 45.4. The molecule has 12 aromatic rings. The number of phenols is 1. The molecule has 4 nitrogen and oxygen atoms in total. The lowest BCUT2D eigenvalue weighted by Crippen LogP contribution is -2.15. The molecule has 0 spiro atoms. The predicted octanol–water partition coefficient (Wildman–Crippen LogP) is 21.4. The Kier molecular flexibility index (Phi) is 12.1. The first-order valence-electron chi connectivity index (χ1n) is 28.7. The Morgan fingerprint density at radius 1 is 0.385 bits per heavy atom. The molecule has 0 unspecified atom stereocenters. The maximum Gasteiger partial charge on any atom is 0.159 e. The molecular weight excluding hydrogens is 949 g/mol. The van der Waals surface area contributed by atoms with Gasteiger partial charge in [-0.15, -0.1) is 0 Å². The molecule has 4 heteroatoms. The van der Waals surface area contributed by atoms with Crippen molar-refractivity contribution in [3.05, 3.63) is 216 Å². The average molecular weight is 1020 g/mol. The summed E-state index contributed by atoms with van der Waals surface area (Å²) in [7, 11) is 2.16. The maximum atomic E-state index is 12.6. The van der Waals surface area contributed by atoms with E-state index in [4.69, 9.17) is 4.42 Å². The summed E-state index contributed by atoms with van der Waals surface area (Å²) in [6, 6.07) is 69.2. The third-order valence-electron chi connectivity index (χ3n) is 18.2. The first kappa shape index (κ1) is 48.1. The molecule has 0 radical (unpaired) electrons. The van der Waals surface area contributed by atoms with Crippen LogP contribution in [0.1, 0.15) is 104 Å². The molecular formula is C74H66N2O2. The molecule has 14 rings (SSSR count). The molecule has 0 bridgehead atoms. The van der Waals surface area contributed by atoms with Gasteiger partial charge in [-0.2, -0.15) is 0 Å². The van der Waals surface area contributed by atoms with Gasteiger partial charge < -0.3 is 19.3 Å². The highest BCUT2D eigenvalue weighted by Gasteiger charge is 2.30. The molecule has 1 N–H and O–H groups in total. The van der Waals surface area contributed by atoms with Crippen molar-refractivity contribution in [1.82, 2.24) is 0 Å². The van der Waals surface area contributed by atoms with Crippen LogP contribution in [0.4, 0.5) is 28.4 Å². The van der Waals surface area contributed by atoms with Crippen LogP contribution in [0.25, 0.3) is 87.6 Å². The summed E-state index contributed by atoms with van der Waals surface area (Å²) < 4.78 is 7.30. The highest BCUT2D eigenvalue weighted by atomic mass is 16.3. The van der Waals surface area contributed by atoms with E-state index in [1.165, 1.54) is 136 Å². The molecule has 1 heterocycles. The van der Waals surface area contributed by atoms with Crippen LogP contribution >= 0.6 is 0 Å². The number of rotatable bonds is 10. The highest BCUT2D eigenvalue weighted by Crippen LogP contribution is 2.54. The molecule has 11 aromatic carbocycles. The van der Waals surface area contributed by atoms with Gasteiger partial charge in [0.2, 0.25) is 0 Å². The van der Waals surface area contributed by atoms with E-state index in [2.05, 4.69) is 226 Å². The first-order valence-corrected chi connectivity index (χ1v) is 28.7. The molecule has 0 atom stereocenters. The highest BCUT2D eigenvalue weighted by molar-refractivity contribution is 6.29. The number of hydrogen-bond acceptors (Lipinski definition) is 4. The summed E-state index contributed by atoms with van der Waals surface area (Å²) in [5.74, 6) is 1.16. The number of furan rings is 1. The number of fused-ring (bicyclic) bond motifs is 3. The monoisotopic (exact) mass is 1010 g/mol. The number of anilines is 5. The van der Waals surface area contributed by atoms with Crippen LogP contribution in [0.2, 0.25) is 0 Å². The number of aromatic hydroxyl groups is 1. The van der Waals surface area contributed by atoms with Crippen LogP contribution in [0.15, 0.2) is 192 Å². The number of phenolic OH excluding ortho intramolecular Hbond substituents is 1. The number of hydrogen-bond donors (Lipinski definition) is 1. The second-order valence-electron chi connectivity index (χ2n) is 22.7. The molecule has 1 aromatic heterocycles. The number of benzene rings is 11. The van der Waals surface area contributed by atoms with Crippen LogP contribution < -0.4 is 9.80 Å². The fourth-order valence-corrected chi connectivity index (χ4v) is 14.0. The van der Waals surface area contributed by atoms with E-state index in [1.54, 1.807) is 0 Å². The van der Waals surface area contributed by atoms with Gasteiger partial charge in [-0.1, -0.05) is 184 Å².